The summed E-state index contributed by atoms with van der Waals surface area (Å²) in [6.07, 6.45) is 4.58. The molecule has 2 aromatic carbocycles. The van der Waals surface area contributed by atoms with E-state index in [-0.39, 0.29) is 17.4 Å². The van der Waals surface area contributed by atoms with E-state index in [0.717, 1.165) is 5.56 Å². The zero-order valence-electron chi connectivity index (χ0n) is 21.0. The molecule has 0 radical (unpaired) electrons. The maximum atomic E-state index is 9.30. The van der Waals surface area contributed by atoms with Gasteiger partial charge < -0.3 is 15.3 Å². The van der Waals surface area contributed by atoms with Crippen LogP contribution in [-0.2, 0) is 0 Å². The van der Waals surface area contributed by atoms with Crippen LogP contribution < -0.4 is 0 Å². The minimum Gasteiger partial charge on any atom is -0.508 e. The molecule has 0 heterocycles. The van der Waals surface area contributed by atoms with Gasteiger partial charge in [-0.25, -0.2) is 0 Å². The molecule has 2 aromatic rings. The number of phenols is 3. The first-order valence-electron chi connectivity index (χ1n) is 10.9. The molecular formula is C27H46O3. The zero-order valence-corrected chi connectivity index (χ0v) is 21.0. The molecule has 2 rings (SSSR count). The van der Waals surface area contributed by atoms with Crippen molar-refractivity contribution in [1.82, 2.24) is 0 Å². The van der Waals surface area contributed by atoms with Gasteiger partial charge in [-0.1, -0.05) is 89.8 Å². The van der Waals surface area contributed by atoms with Gasteiger partial charge in [-0.15, -0.1) is 0 Å². The fraction of sp³-hybridized carbons (Fsp3) is 0.481. The summed E-state index contributed by atoms with van der Waals surface area (Å²) < 4.78 is 0. The van der Waals surface area contributed by atoms with Crippen LogP contribution in [0.15, 0.2) is 54.1 Å². The summed E-state index contributed by atoms with van der Waals surface area (Å²) in [5, 5.41) is 27.0. The Labute approximate surface area is 186 Å². The summed E-state index contributed by atoms with van der Waals surface area (Å²) in [7, 11) is 0. The molecule has 0 spiro atoms. The zero-order chi connectivity index (χ0) is 24.1. The van der Waals surface area contributed by atoms with E-state index < -0.39 is 0 Å². The maximum absolute atomic E-state index is 9.30. The minimum atomic E-state index is 0.104. The van der Waals surface area contributed by atoms with Gasteiger partial charge in [0.15, 0.2) is 0 Å². The average molecular weight is 419 g/mol. The highest BCUT2D eigenvalue weighted by Crippen LogP contribution is 2.28. The lowest BCUT2D eigenvalue weighted by atomic mass is 10.0. The summed E-state index contributed by atoms with van der Waals surface area (Å²) in [4.78, 5) is 0. The Morgan fingerprint density at radius 3 is 1.43 bits per heavy atom. The van der Waals surface area contributed by atoms with Gasteiger partial charge in [-0.05, 0) is 57.4 Å². The van der Waals surface area contributed by atoms with Crippen LogP contribution in [-0.4, -0.2) is 15.3 Å². The molecule has 0 unspecified atom stereocenters. The van der Waals surface area contributed by atoms with Gasteiger partial charge in [0, 0.05) is 6.07 Å². The highest BCUT2D eigenvalue weighted by atomic mass is 16.3. The Hall–Kier alpha value is -2.42. The Bertz CT molecular complexity index is 629. The molecule has 3 nitrogen and oxygen atoms in total. The molecule has 172 valence electrons. The molecule has 0 aliphatic rings. The molecule has 0 saturated carbocycles. The van der Waals surface area contributed by atoms with Gasteiger partial charge in [0.2, 0.25) is 0 Å². The number of hydrogen-bond acceptors (Lipinski definition) is 3. The summed E-state index contributed by atoms with van der Waals surface area (Å²) in [5.74, 6) is 0.887. The number of phenolic OH excluding ortho intramolecular Hbond substituents is 3. The highest BCUT2D eigenvalue weighted by molar-refractivity contribution is 5.40. The van der Waals surface area contributed by atoms with E-state index in [1.807, 2.05) is 39.8 Å². The first kappa shape index (κ1) is 32.3. The second kappa shape index (κ2) is 21.3. The molecule has 0 aliphatic heterocycles. The third kappa shape index (κ3) is 21.9. The standard InChI is InChI=1S/C9H12O2.C7H8O.C5H10.2C3H8/c1-6(2)8-4-3-7(10)5-9(8)11;1-6-2-4-7(8)5-3-6;1-4-5(2)3;2*1-3-2/h3-6,10-11H,1-2H3;2-5,8H,1H3;4H,1-3H3;2*3H2,1-2H3. The van der Waals surface area contributed by atoms with Gasteiger partial charge in [-0.3, -0.25) is 0 Å². The smallest absolute Gasteiger partial charge is 0.122 e. The lowest BCUT2D eigenvalue weighted by Gasteiger charge is -2.07. The number of benzene rings is 2. The Balaban J connectivity index is -0.000000338. The topological polar surface area (TPSA) is 60.7 Å². The van der Waals surface area contributed by atoms with Crippen molar-refractivity contribution < 1.29 is 15.3 Å². The van der Waals surface area contributed by atoms with Crippen molar-refractivity contribution in [1.29, 1.82) is 0 Å². The molecule has 30 heavy (non-hydrogen) atoms. The van der Waals surface area contributed by atoms with Gasteiger partial charge in [-0.2, -0.15) is 0 Å². The van der Waals surface area contributed by atoms with Crippen molar-refractivity contribution in [3.63, 3.8) is 0 Å². The quantitative estimate of drug-likeness (QED) is 0.406. The minimum absolute atomic E-state index is 0.104. The van der Waals surface area contributed by atoms with E-state index in [2.05, 4.69) is 47.6 Å². The number of rotatable bonds is 1. The highest BCUT2D eigenvalue weighted by Gasteiger charge is 2.04. The lowest BCUT2D eigenvalue weighted by molar-refractivity contribution is 0.444. The van der Waals surface area contributed by atoms with Crippen molar-refractivity contribution in [3.05, 3.63) is 65.2 Å². The summed E-state index contributed by atoms with van der Waals surface area (Å²) in [6.45, 7) is 20.7. The molecule has 0 bridgehead atoms. The second-order valence-electron chi connectivity index (χ2n) is 7.51. The van der Waals surface area contributed by atoms with Crippen LogP contribution in [0, 0.1) is 6.92 Å². The maximum Gasteiger partial charge on any atom is 0.122 e. The SMILES string of the molecule is CC(C)c1ccc(O)cc1O.CC=C(C)C.CCC.CCC.Cc1ccc(O)cc1. The van der Waals surface area contributed by atoms with Gasteiger partial charge in [0.05, 0.1) is 0 Å². The monoisotopic (exact) mass is 418 g/mol. The first-order chi connectivity index (χ1) is 14.0. The molecule has 0 fully saturated rings. The first-order valence-corrected chi connectivity index (χ1v) is 10.9. The van der Waals surface area contributed by atoms with E-state index >= 15 is 0 Å². The van der Waals surface area contributed by atoms with Crippen LogP contribution in [0.4, 0.5) is 0 Å². The molecule has 0 atom stereocenters. The summed E-state index contributed by atoms with van der Waals surface area (Å²) in [5.41, 5.74) is 3.41. The molecule has 0 saturated heterocycles. The lowest BCUT2D eigenvalue weighted by Crippen LogP contribution is -1.86. The molecule has 0 aromatic heterocycles. The van der Waals surface area contributed by atoms with Crippen LogP contribution in [0.2, 0.25) is 0 Å². The van der Waals surface area contributed by atoms with Gasteiger partial charge in [0.1, 0.15) is 17.2 Å². The van der Waals surface area contributed by atoms with Gasteiger partial charge >= 0.3 is 0 Å². The Kier molecular flexibility index (Phi) is 22.9. The fourth-order valence-electron chi connectivity index (χ4n) is 1.57. The second-order valence-corrected chi connectivity index (χ2v) is 7.51. The number of aryl methyl sites for hydroxylation is 1. The number of aromatic hydroxyl groups is 3. The van der Waals surface area contributed by atoms with Crippen LogP contribution in [0.25, 0.3) is 0 Å². The van der Waals surface area contributed by atoms with Crippen LogP contribution in [0.1, 0.15) is 92.2 Å². The Morgan fingerprint density at radius 1 is 0.800 bits per heavy atom. The number of allylic oxidation sites excluding steroid dienone is 2. The molecule has 3 heteroatoms. The van der Waals surface area contributed by atoms with Crippen LogP contribution in [0.3, 0.4) is 0 Å². The van der Waals surface area contributed by atoms with E-state index in [4.69, 9.17) is 10.2 Å². The average Bonchev–Trinajstić information content (AvgIpc) is 2.66. The predicted octanol–water partition coefficient (Wildman–Crippen LogP) is 8.73. The van der Waals surface area contributed by atoms with E-state index in [9.17, 15) is 5.11 Å². The largest absolute Gasteiger partial charge is 0.508 e. The Morgan fingerprint density at radius 2 is 1.17 bits per heavy atom. The summed E-state index contributed by atoms with van der Waals surface area (Å²) in [6, 6.07) is 11.8. The molecule has 3 N–H and O–H groups in total. The van der Waals surface area contributed by atoms with E-state index in [0.29, 0.717) is 5.75 Å². The third-order valence-electron chi connectivity index (χ3n) is 3.25. The molecule has 0 aliphatic carbocycles. The van der Waals surface area contributed by atoms with Crippen molar-refractivity contribution in [2.45, 2.75) is 88.0 Å². The predicted molar refractivity (Wildman–Crippen MR) is 134 cm³/mol. The molecular weight excluding hydrogens is 372 g/mol. The van der Waals surface area contributed by atoms with Crippen molar-refractivity contribution in [2.75, 3.05) is 0 Å². The van der Waals surface area contributed by atoms with Crippen molar-refractivity contribution in [3.8, 4) is 17.2 Å². The van der Waals surface area contributed by atoms with Gasteiger partial charge in [0.25, 0.3) is 0 Å². The fourth-order valence-corrected chi connectivity index (χ4v) is 1.57. The van der Waals surface area contributed by atoms with Crippen molar-refractivity contribution in [2.24, 2.45) is 0 Å². The van der Waals surface area contributed by atoms with E-state index in [1.165, 1.54) is 30.0 Å². The molecule has 0 amide bonds. The van der Waals surface area contributed by atoms with Crippen LogP contribution >= 0.6 is 0 Å². The van der Waals surface area contributed by atoms with E-state index in [1.54, 1.807) is 24.3 Å². The van der Waals surface area contributed by atoms with Crippen LogP contribution in [0.5, 0.6) is 17.2 Å². The van der Waals surface area contributed by atoms with Crippen molar-refractivity contribution >= 4 is 0 Å². The summed E-state index contributed by atoms with van der Waals surface area (Å²) >= 11 is 0. The number of hydrogen-bond donors (Lipinski definition) is 3. The third-order valence-corrected chi connectivity index (χ3v) is 3.25. The normalized spacial score (nSPS) is 8.63.